The summed E-state index contributed by atoms with van der Waals surface area (Å²) in [6, 6.07) is 6.76. The molecule has 0 aliphatic carbocycles. The molecule has 3 N–H and O–H groups in total. The summed E-state index contributed by atoms with van der Waals surface area (Å²) < 4.78 is 0. The lowest BCUT2D eigenvalue weighted by atomic mass is 10.2. The molecule has 13 heavy (non-hydrogen) atoms. The van der Waals surface area contributed by atoms with Gasteiger partial charge in [-0.1, -0.05) is 24.3 Å². The van der Waals surface area contributed by atoms with E-state index in [0.717, 1.165) is 5.56 Å². The summed E-state index contributed by atoms with van der Waals surface area (Å²) in [6.07, 6.45) is 3.62. The van der Waals surface area contributed by atoms with Gasteiger partial charge in [-0.2, -0.15) is 0 Å². The Morgan fingerprint density at radius 3 is 2.92 bits per heavy atom. The molecule has 0 saturated heterocycles. The molecule has 0 atom stereocenters. The summed E-state index contributed by atoms with van der Waals surface area (Å²) in [5, 5.41) is 9.10. The van der Waals surface area contributed by atoms with Crippen LogP contribution in [0.4, 0.5) is 0 Å². The molecule has 1 amide bonds. The third-order valence-corrected chi connectivity index (χ3v) is 1.50. The minimum Gasteiger partial charge on any atom is -0.508 e. The van der Waals surface area contributed by atoms with E-state index in [1.165, 1.54) is 0 Å². The van der Waals surface area contributed by atoms with Gasteiger partial charge in [-0.05, 0) is 17.7 Å². The molecule has 1 rings (SSSR count). The third-order valence-electron chi connectivity index (χ3n) is 1.50. The fourth-order valence-corrected chi connectivity index (χ4v) is 0.940. The van der Waals surface area contributed by atoms with Crippen molar-refractivity contribution in [2.24, 2.45) is 5.73 Å². The quantitative estimate of drug-likeness (QED) is 0.730. The second-order valence-corrected chi connectivity index (χ2v) is 2.67. The lowest BCUT2D eigenvalue weighted by molar-refractivity contribution is -0.117. The summed E-state index contributed by atoms with van der Waals surface area (Å²) >= 11 is 0. The normalized spacial score (nSPS) is 10.5. The average molecular weight is 177 g/mol. The number of phenols is 1. The number of aromatic hydroxyl groups is 1. The topological polar surface area (TPSA) is 63.3 Å². The van der Waals surface area contributed by atoms with Crippen molar-refractivity contribution in [3.05, 3.63) is 35.9 Å². The van der Waals surface area contributed by atoms with E-state index in [1.54, 1.807) is 30.4 Å². The zero-order valence-corrected chi connectivity index (χ0v) is 7.10. The minimum absolute atomic E-state index is 0.209. The molecular formula is C10H11NO2. The number of primary amides is 1. The Balaban J connectivity index is 2.63. The van der Waals surface area contributed by atoms with Crippen LogP contribution in [0.15, 0.2) is 30.3 Å². The molecule has 3 nitrogen and oxygen atoms in total. The van der Waals surface area contributed by atoms with Crippen LogP contribution in [0.2, 0.25) is 0 Å². The highest BCUT2D eigenvalue weighted by atomic mass is 16.3. The standard InChI is InChI=1S/C10H11NO2/c11-10(13)6-2-4-8-3-1-5-9(12)7-8/h1-5,7,12H,6H2,(H2,11,13). The molecular weight excluding hydrogens is 166 g/mol. The van der Waals surface area contributed by atoms with Gasteiger partial charge in [-0.15, -0.1) is 0 Å². The molecule has 68 valence electrons. The zero-order valence-electron chi connectivity index (χ0n) is 7.10. The average Bonchev–Trinajstić information content (AvgIpc) is 2.03. The van der Waals surface area contributed by atoms with Gasteiger partial charge in [-0.25, -0.2) is 0 Å². The third kappa shape index (κ3) is 3.42. The number of amides is 1. The molecule has 0 aromatic heterocycles. The van der Waals surface area contributed by atoms with Crippen molar-refractivity contribution in [3.8, 4) is 5.75 Å². The van der Waals surface area contributed by atoms with E-state index in [9.17, 15) is 4.79 Å². The van der Waals surface area contributed by atoms with Gasteiger partial charge in [0.25, 0.3) is 0 Å². The van der Waals surface area contributed by atoms with Gasteiger partial charge in [0.2, 0.25) is 5.91 Å². The Hall–Kier alpha value is -1.77. The van der Waals surface area contributed by atoms with E-state index in [4.69, 9.17) is 10.8 Å². The maximum absolute atomic E-state index is 10.4. The first kappa shape index (κ1) is 9.32. The van der Waals surface area contributed by atoms with Crippen LogP contribution in [0, 0.1) is 0 Å². The van der Waals surface area contributed by atoms with Crippen LogP contribution in [0.1, 0.15) is 12.0 Å². The number of hydrogen-bond donors (Lipinski definition) is 2. The molecule has 0 aliphatic heterocycles. The first-order valence-electron chi connectivity index (χ1n) is 3.92. The predicted molar refractivity (Wildman–Crippen MR) is 51.0 cm³/mol. The van der Waals surface area contributed by atoms with Crippen LogP contribution in [0.5, 0.6) is 5.75 Å². The number of phenolic OH excluding ortho intramolecular Hbond substituents is 1. The van der Waals surface area contributed by atoms with Crippen molar-refractivity contribution in [1.29, 1.82) is 0 Å². The Kier molecular flexibility index (Phi) is 3.09. The van der Waals surface area contributed by atoms with Gasteiger partial charge >= 0.3 is 0 Å². The van der Waals surface area contributed by atoms with Crippen LogP contribution >= 0.6 is 0 Å². The Morgan fingerprint density at radius 2 is 2.31 bits per heavy atom. The summed E-state index contributed by atoms with van der Waals surface area (Å²) in [5.41, 5.74) is 5.80. The minimum atomic E-state index is -0.364. The van der Waals surface area contributed by atoms with Crippen molar-refractivity contribution in [1.82, 2.24) is 0 Å². The van der Waals surface area contributed by atoms with E-state index in [0.29, 0.717) is 0 Å². The number of carbonyl (C=O) groups is 1. The highest BCUT2D eigenvalue weighted by Crippen LogP contribution is 2.12. The van der Waals surface area contributed by atoms with Crippen molar-refractivity contribution < 1.29 is 9.90 Å². The zero-order chi connectivity index (χ0) is 9.68. The number of benzene rings is 1. The SMILES string of the molecule is NC(=O)CC=Cc1cccc(O)c1. The molecule has 0 radical (unpaired) electrons. The van der Waals surface area contributed by atoms with E-state index in [2.05, 4.69) is 0 Å². The summed E-state index contributed by atoms with van der Waals surface area (Å²) in [6.45, 7) is 0. The van der Waals surface area contributed by atoms with Crippen LogP contribution in [-0.2, 0) is 4.79 Å². The molecule has 0 aliphatic rings. The predicted octanol–water partition coefficient (Wildman–Crippen LogP) is 1.28. The number of hydrogen-bond acceptors (Lipinski definition) is 2. The molecule has 0 saturated carbocycles. The highest BCUT2D eigenvalue weighted by molar-refractivity contribution is 5.76. The van der Waals surface area contributed by atoms with Gasteiger partial charge in [0.05, 0.1) is 0 Å². The van der Waals surface area contributed by atoms with Gasteiger partial charge in [0.1, 0.15) is 5.75 Å². The van der Waals surface area contributed by atoms with Crippen molar-refractivity contribution in [2.45, 2.75) is 6.42 Å². The first-order chi connectivity index (χ1) is 6.18. The molecule has 0 fully saturated rings. The van der Waals surface area contributed by atoms with Crippen molar-refractivity contribution in [2.75, 3.05) is 0 Å². The second kappa shape index (κ2) is 4.30. The van der Waals surface area contributed by atoms with Crippen LogP contribution in [-0.4, -0.2) is 11.0 Å². The molecule has 0 spiro atoms. The highest BCUT2D eigenvalue weighted by Gasteiger charge is 1.90. The lowest BCUT2D eigenvalue weighted by Gasteiger charge is -1.93. The summed E-state index contributed by atoms with van der Waals surface area (Å²) in [5.74, 6) is -0.155. The Bertz CT molecular complexity index is 331. The fourth-order valence-electron chi connectivity index (χ4n) is 0.940. The maximum Gasteiger partial charge on any atom is 0.221 e. The van der Waals surface area contributed by atoms with E-state index < -0.39 is 0 Å². The van der Waals surface area contributed by atoms with Gasteiger partial charge in [0, 0.05) is 6.42 Å². The van der Waals surface area contributed by atoms with Crippen LogP contribution in [0.3, 0.4) is 0 Å². The van der Waals surface area contributed by atoms with Crippen LogP contribution < -0.4 is 5.73 Å². The summed E-state index contributed by atoms with van der Waals surface area (Å²) in [7, 11) is 0. The summed E-state index contributed by atoms with van der Waals surface area (Å²) in [4.78, 5) is 10.4. The van der Waals surface area contributed by atoms with Gasteiger partial charge in [-0.3, -0.25) is 4.79 Å². The molecule has 0 heterocycles. The monoisotopic (exact) mass is 177 g/mol. The van der Waals surface area contributed by atoms with Gasteiger partial charge < -0.3 is 10.8 Å². The van der Waals surface area contributed by atoms with E-state index >= 15 is 0 Å². The lowest BCUT2D eigenvalue weighted by Crippen LogP contribution is -2.07. The molecule has 3 heteroatoms. The van der Waals surface area contributed by atoms with Crippen molar-refractivity contribution >= 4 is 12.0 Å². The maximum atomic E-state index is 10.4. The Morgan fingerprint density at radius 1 is 1.54 bits per heavy atom. The van der Waals surface area contributed by atoms with Crippen molar-refractivity contribution in [3.63, 3.8) is 0 Å². The fraction of sp³-hybridized carbons (Fsp3) is 0.100. The molecule has 0 unspecified atom stereocenters. The number of rotatable bonds is 3. The molecule has 1 aromatic carbocycles. The van der Waals surface area contributed by atoms with E-state index in [-0.39, 0.29) is 18.1 Å². The van der Waals surface area contributed by atoms with E-state index in [1.807, 2.05) is 6.07 Å². The molecule has 1 aromatic rings. The number of carbonyl (C=O) groups excluding carboxylic acids is 1. The van der Waals surface area contributed by atoms with Gasteiger partial charge in [0.15, 0.2) is 0 Å². The smallest absolute Gasteiger partial charge is 0.221 e. The Labute approximate surface area is 76.5 Å². The second-order valence-electron chi connectivity index (χ2n) is 2.67. The molecule has 0 bridgehead atoms. The van der Waals surface area contributed by atoms with Crippen LogP contribution in [0.25, 0.3) is 6.08 Å². The first-order valence-corrected chi connectivity index (χ1v) is 3.92. The largest absolute Gasteiger partial charge is 0.508 e. The number of nitrogens with two attached hydrogens (primary N) is 1.